The molecular weight excluding hydrogens is 517 g/mol. The van der Waals surface area contributed by atoms with Gasteiger partial charge >= 0.3 is 12.4 Å². The zero-order chi connectivity index (χ0) is 21.3. The van der Waals surface area contributed by atoms with E-state index in [1.165, 1.54) is 10.9 Å². The van der Waals surface area contributed by atoms with E-state index in [2.05, 4.69) is 24.7 Å². The van der Waals surface area contributed by atoms with Crippen LogP contribution in [0, 0.1) is 3.57 Å². The molecule has 1 aromatic heterocycles. The molecule has 0 aliphatic heterocycles. The van der Waals surface area contributed by atoms with Gasteiger partial charge in [0.25, 0.3) is 0 Å². The van der Waals surface area contributed by atoms with E-state index < -0.39 is 31.6 Å². The molecule has 0 bridgehead atoms. The molecule has 0 aliphatic rings. The number of ether oxygens (including phenoxy) is 1. The standard InChI is InChI=1S/C17H19F6IN2OSi/c1-28(2,3)5-4-27-10-26-15(14(24)9-25-26)11-6-12(16(18,19)20)8-13(7-11)17(21,22)23/h6-9H,4-5,10H2,1-3H3. The highest BCUT2D eigenvalue weighted by atomic mass is 127. The van der Waals surface area contributed by atoms with Gasteiger partial charge in [0.2, 0.25) is 0 Å². The summed E-state index contributed by atoms with van der Waals surface area (Å²) in [6.45, 7) is 6.89. The fourth-order valence-electron chi connectivity index (χ4n) is 2.37. The first-order valence-electron chi connectivity index (χ1n) is 8.27. The van der Waals surface area contributed by atoms with Crippen molar-refractivity contribution in [2.24, 2.45) is 0 Å². The van der Waals surface area contributed by atoms with E-state index in [9.17, 15) is 26.3 Å². The second-order valence-corrected chi connectivity index (χ2v) is 14.3. The van der Waals surface area contributed by atoms with Gasteiger partial charge in [-0.2, -0.15) is 31.4 Å². The molecule has 0 fully saturated rings. The normalized spacial score (nSPS) is 13.2. The smallest absolute Gasteiger partial charge is 0.360 e. The number of aromatic nitrogens is 2. The van der Waals surface area contributed by atoms with Crippen molar-refractivity contribution in [3.63, 3.8) is 0 Å². The summed E-state index contributed by atoms with van der Waals surface area (Å²) in [5, 5.41) is 4.04. The third-order valence-corrected chi connectivity index (χ3v) is 6.36. The predicted molar refractivity (Wildman–Crippen MR) is 104 cm³/mol. The molecule has 0 radical (unpaired) electrons. The topological polar surface area (TPSA) is 27.1 Å². The number of hydrogen-bond donors (Lipinski definition) is 0. The highest BCUT2D eigenvalue weighted by Gasteiger charge is 2.37. The second-order valence-electron chi connectivity index (χ2n) is 7.48. The van der Waals surface area contributed by atoms with E-state index in [0.29, 0.717) is 22.3 Å². The third-order valence-electron chi connectivity index (χ3n) is 3.87. The van der Waals surface area contributed by atoms with Crippen molar-refractivity contribution in [2.75, 3.05) is 6.61 Å². The minimum Gasteiger partial charge on any atom is -0.360 e. The maximum absolute atomic E-state index is 13.1. The molecule has 0 spiro atoms. The monoisotopic (exact) mass is 536 g/mol. The molecule has 0 unspecified atom stereocenters. The van der Waals surface area contributed by atoms with Crippen LogP contribution in [-0.2, 0) is 23.8 Å². The molecule has 0 aliphatic carbocycles. The highest BCUT2D eigenvalue weighted by molar-refractivity contribution is 14.1. The fourth-order valence-corrected chi connectivity index (χ4v) is 3.84. The van der Waals surface area contributed by atoms with Gasteiger partial charge in [0.1, 0.15) is 6.73 Å². The summed E-state index contributed by atoms with van der Waals surface area (Å²) in [7, 11) is -1.33. The van der Waals surface area contributed by atoms with Crippen LogP contribution in [0.25, 0.3) is 11.3 Å². The lowest BCUT2D eigenvalue weighted by atomic mass is 10.0. The molecule has 11 heteroatoms. The Labute approximate surface area is 173 Å². The van der Waals surface area contributed by atoms with Crippen LogP contribution in [0.5, 0.6) is 0 Å². The molecule has 2 rings (SSSR count). The summed E-state index contributed by atoms with van der Waals surface area (Å²) in [6, 6.07) is 2.39. The minimum atomic E-state index is -4.90. The van der Waals surface area contributed by atoms with E-state index >= 15 is 0 Å². The molecule has 0 amide bonds. The lowest BCUT2D eigenvalue weighted by Crippen LogP contribution is -2.22. The van der Waals surface area contributed by atoms with Gasteiger partial charge in [0.15, 0.2) is 0 Å². The fraction of sp³-hybridized carbons (Fsp3) is 0.471. The van der Waals surface area contributed by atoms with E-state index in [1.54, 1.807) is 0 Å². The predicted octanol–water partition coefficient (Wildman–Crippen LogP) is 6.50. The summed E-state index contributed by atoms with van der Waals surface area (Å²) in [5.41, 5.74) is -2.77. The molecule has 28 heavy (non-hydrogen) atoms. The zero-order valence-corrected chi connectivity index (χ0v) is 18.5. The molecule has 0 saturated heterocycles. The van der Waals surface area contributed by atoms with Crippen LogP contribution in [0.1, 0.15) is 11.1 Å². The van der Waals surface area contributed by atoms with E-state index in [1.807, 2.05) is 22.6 Å². The number of alkyl halides is 6. The Morgan fingerprint density at radius 3 is 2.00 bits per heavy atom. The van der Waals surface area contributed by atoms with Gasteiger partial charge in [-0.05, 0) is 46.8 Å². The molecule has 1 heterocycles. The maximum Gasteiger partial charge on any atom is 0.416 e. The van der Waals surface area contributed by atoms with Crippen LogP contribution in [0.2, 0.25) is 25.7 Å². The number of benzene rings is 1. The highest BCUT2D eigenvalue weighted by Crippen LogP contribution is 2.39. The van der Waals surface area contributed by atoms with Crippen molar-refractivity contribution in [1.82, 2.24) is 9.78 Å². The average molecular weight is 536 g/mol. The van der Waals surface area contributed by atoms with Gasteiger partial charge in [0, 0.05) is 20.2 Å². The quantitative estimate of drug-likeness (QED) is 0.182. The summed E-state index contributed by atoms with van der Waals surface area (Å²) < 4.78 is 86.0. The molecular formula is C17H19F6IN2OSi. The first kappa shape index (κ1) is 23.2. The van der Waals surface area contributed by atoms with Gasteiger partial charge in [-0.15, -0.1) is 0 Å². The molecule has 0 saturated carbocycles. The summed E-state index contributed by atoms with van der Waals surface area (Å²) in [6.07, 6.45) is -8.43. The third kappa shape index (κ3) is 6.21. The van der Waals surface area contributed by atoms with Crippen LogP contribution in [0.4, 0.5) is 26.3 Å². The van der Waals surface area contributed by atoms with Crippen molar-refractivity contribution >= 4 is 30.7 Å². The Hall–Kier alpha value is -1.08. The van der Waals surface area contributed by atoms with Crippen molar-refractivity contribution in [3.05, 3.63) is 39.1 Å². The number of rotatable bonds is 6. The van der Waals surface area contributed by atoms with Crippen LogP contribution in [-0.4, -0.2) is 24.5 Å². The summed E-state index contributed by atoms with van der Waals surface area (Å²) in [5.74, 6) is 0. The minimum absolute atomic E-state index is 0.0551. The first-order chi connectivity index (χ1) is 12.7. The summed E-state index contributed by atoms with van der Waals surface area (Å²) >= 11 is 1.83. The van der Waals surface area contributed by atoms with Crippen molar-refractivity contribution < 1.29 is 31.1 Å². The first-order valence-corrected chi connectivity index (χ1v) is 13.1. The van der Waals surface area contributed by atoms with Gasteiger partial charge in [0.05, 0.1) is 26.6 Å². The van der Waals surface area contributed by atoms with Crippen LogP contribution in [0.3, 0.4) is 0 Å². The van der Waals surface area contributed by atoms with Gasteiger partial charge in [-0.3, -0.25) is 0 Å². The van der Waals surface area contributed by atoms with Gasteiger partial charge in [-0.25, -0.2) is 4.68 Å². The summed E-state index contributed by atoms with van der Waals surface area (Å²) in [4.78, 5) is 0. The molecule has 3 nitrogen and oxygen atoms in total. The molecule has 2 aromatic rings. The van der Waals surface area contributed by atoms with Gasteiger partial charge < -0.3 is 4.74 Å². The Kier molecular flexibility index (Phi) is 6.91. The van der Waals surface area contributed by atoms with Crippen LogP contribution in [0.15, 0.2) is 24.4 Å². The molecule has 0 N–H and O–H groups in total. The molecule has 1 aromatic carbocycles. The van der Waals surface area contributed by atoms with E-state index in [0.717, 1.165) is 6.04 Å². The van der Waals surface area contributed by atoms with Crippen molar-refractivity contribution in [1.29, 1.82) is 0 Å². The van der Waals surface area contributed by atoms with Crippen molar-refractivity contribution in [2.45, 2.75) is 44.8 Å². The SMILES string of the molecule is C[Si](C)(C)CCOCn1ncc(I)c1-c1cc(C(F)(F)F)cc(C(F)(F)F)c1. The Morgan fingerprint density at radius 1 is 1.00 bits per heavy atom. The average Bonchev–Trinajstić information content (AvgIpc) is 2.89. The second kappa shape index (κ2) is 8.34. The maximum atomic E-state index is 13.1. The largest absolute Gasteiger partial charge is 0.416 e. The Bertz CT molecular complexity index is 794. The van der Waals surface area contributed by atoms with Gasteiger partial charge in [-0.1, -0.05) is 19.6 Å². The van der Waals surface area contributed by atoms with Crippen LogP contribution < -0.4 is 0 Å². The zero-order valence-electron chi connectivity index (χ0n) is 15.4. The lowest BCUT2D eigenvalue weighted by molar-refractivity contribution is -0.143. The molecule has 0 atom stereocenters. The number of halogens is 7. The Balaban J connectivity index is 2.40. The Morgan fingerprint density at radius 2 is 1.54 bits per heavy atom. The number of nitrogens with zero attached hydrogens (tertiary/aromatic N) is 2. The van der Waals surface area contributed by atoms with E-state index in [-0.39, 0.29) is 24.1 Å². The lowest BCUT2D eigenvalue weighted by Gasteiger charge is -2.17. The van der Waals surface area contributed by atoms with Crippen LogP contribution >= 0.6 is 22.6 Å². The van der Waals surface area contributed by atoms with Crippen molar-refractivity contribution in [3.8, 4) is 11.3 Å². The van der Waals surface area contributed by atoms with E-state index in [4.69, 9.17) is 4.74 Å². The number of hydrogen-bond acceptors (Lipinski definition) is 2. The molecule has 156 valence electrons.